The monoisotopic (exact) mass is 201 g/mol. The molecule has 0 spiro atoms. The molecular formula is C11H11N3O. The van der Waals surface area contributed by atoms with Crippen molar-refractivity contribution in [3.05, 3.63) is 48.2 Å². The Labute approximate surface area is 87.7 Å². The van der Waals surface area contributed by atoms with E-state index in [0.717, 1.165) is 11.3 Å². The zero-order valence-corrected chi connectivity index (χ0v) is 8.13. The third-order valence-electron chi connectivity index (χ3n) is 1.91. The van der Waals surface area contributed by atoms with Crippen LogP contribution in [0.15, 0.2) is 42.6 Å². The van der Waals surface area contributed by atoms with Crippen LogP contribution in [0, 0.1) is 0 Å². The van der Waals surface area contributed by atoms with Crippen LogP contribution in [-0.2, 0) is 6.61 Å². The van der Waals surface area contributed by atoms with Gasteiger partial charge in [0.05, 0.1) is 0 Å². The van der Waals surface area contributed by atoms with Crippen LogP contribution in [0.25, 0.3) is 0 Å². The summed E-state index contributed by atoms with van der Waals surface area (Å²) in [6, 6.07) is 11.1. The number of nitrogens with two attached hydrogens (primary N) is 1. The molecule has 0 amide bonds. The molecule has 0 radical (unpaired) electrons. The largest absolute Gasteiger partial charge is 0.472 e. The molecule has 0 saturated heterocycles. The third-order valence-corrected chi connectivity index (χ3v) is 1.91. The van der Waals surface area contributed by atoms with Crippen LogP contribution in [0.2, 0.25) is 0 Å². The van der Waals surface area contributed by atoms with Crippen molar-refractivity contribution in [2.24, 2.45) is 0 Å². The highest BCUT2D eigenvalue weighted by atomic mass is 16.5. The molecule has 1 heterocycles. The number of nitrogen functional groups attached to an aromatic ring is 1. The fourth-order valence-electron chi connectivity index (χ4n) is 1.14. The number of hydrogen-bond donors (Lipinski definition) is 1. The summed E-state index contributed by atoms with van der Waals surface area (Å²) in [6.07, 6.45) is 1.61. The highest BCUT2D eigenvalue weighted by Gasteiger charge is 1.96. The van der Waals surface area contributed by atoms with Crippen molar-refractivity contribution < 1.29 is 4.74 Å². The molecule has 1 aromatic heterocycles. The molecule has 0 fully saturated rings. The molecule has 0 atom stereocenters. The first kappa shape index (κ1) is 9.45. The minimum atomic E-state index is 0.471. The molecule has 4 heteroatoms. The van der Waals surface area contributed by atoms with Crippen molar-refractivity contribution in [2.75, 3.05) is 5.73 Å². The Morgan fingerprint density at radius 3 is 2.60 bits per heavy atom. The van der Waals surface area contributed by atoms with Gasteiger partial charge in [-0.15, -0.1) is 5.10 Å². The summed E-state index contributed by atoms with van der Waals surface area (Å²) in [5, 5.41) is 7.53. The van der Waals surface area contributed by atoms with Gasteiger partial charge in [-0.25, -0.2) is 0 Å². The normalized spacial score (nSPS) is 9.87. The van der Waals surface area contributed by atoms with E-state index in [1.54, 1.807) is 18.3 Å². The van der Waals surface area contributed by atoms with E-state index in [-0.39, 0.29) is 0 Å². The van der Waals surface area contributed by atoms with Crippen molar-refractivity contribution in [2.45, 2.75) is 6.61 Å². The molecular weight excluding hydrogens is 190 g/mol. The Morgan fingerprint density at radius 1 is 1.13 bits per heavy atom. The Kier molecular flexibility index (Phi) is 2.78. The molecule has 2 aromatic rings. The Hall–Kier alpha value is -2.10. The van der Waals surface area contributed by atoms with E-state index in [0.29, 0.717) is 12.5 Å². The summed E-state index contributed by atoms with van der Waals surface area (Å²) in [5.74, 6) is 0.523. The van der Waals surface area contributed by atoms with Crippen LogP contribution in [0.4, 0.5) is 5.69 Å². The SMILES string of the molecule is Nc1ccc(COc2cccnn2)cc1. The number of aromatic nitrogens is 2. The quantitative estimate of drug-likeness (QED) is 0.767. The molecule has 2 rings (SSSR count). The van der Waals surface area contributed by atoms with Crippen molar-refractivity contribution >= 4 is 5.69 Å². The van der Waals surface area contributed by atoms with Gasteiger partial charge in [0.25, 0.3) is 0 Å². The summed E-state index contributed by atoms with van der Waals surface area (Å²) in [5.41, 5.74) is 7.37. The molecule has 15 heavy (non-hydrogen) atoms. The lowest BCUT2D eigenvalue weighted by atomic mass is 10.2. The Morgan fingerprint density at radius 2 is 1.93 bits per heavy atom. The summed E-state index contributed by atoms with van der Waals surface area (Å²) in [4.78, 5) is 0. The molecule has 0 saturated carbocycles. The summed E-state index contributed by atoms with van der Waals surface area (Å²) >= 11 is 0. The van der Waals surface area contributed by atoms with E-state index < -0.39 is 0 Å². The van der Waals surface area contributed by atoms with Gasteiger partial charge in [-0.2, -0.15) is 5.10 Å². The van der Waals surface area contributed by atoms with Crippen LogP contribution in [0.5, 0.6) is 5.88 Å². The van der Waals surface area contributed by atoms with Crippen molar-refractivity contribution in [3.63, 3.8) is 0 Å². The van der Waals surface area contributed by atoms with Gasteiger partial charge in [0.15, 0.2) is 0 Å². The van der Waals surface area contributed by atoms with E-state index in [1.165, 1.54) is 0 Å². The first-order valence-corrected chi connectivity index (χ1v) is 4.59. The maximum absolute atomic E-state index is 5.57. The molecule has 0 unspecified atom stereocenters. The highest BCUT2D eigenvalue weighted by Crippen LogP contribution is 2.09. The van der Waals surface area contributed by atoms with Crippen LogP contribution >= 0.6 is 0 Å². The lowest BCUT2D eigenvalue weighted by molar-refractivity contribution is 0.290. The van der Waals surface area contributed by atoms with E-state index in [2.05, 4.69) is 10.2 Å². The second-order valence-corrected chi connectivity index (χ2v) is 3.09. The number of hydrogen-bond acceptors (Lipinski definition) is 4. The molecule has 4 nitrogen and oxygen atoms in total. The Balaban J connectivity index is 1.96. The average Bonchev–Trinajstić information content (AvgIpc) is 2.30. The zero-order valence-electron chi connectivity index (χ0n) is 8.13. The number of rotatable bonds is 3. The van der Waals surface area contributed by atoms with Gasteiger partial charge < -0.3 is 10.5 Å². The minimum Gasteiger partial charge on any atom is -0.472 e. The van der Waals surface area contributed by atoms with E-state index in [4.69, 9.17) is 10.5 Å². The molecule has 1 aromatic carbocycles. The van der Waals surface area contributed by atoms with E-state index >= 15 is 0 Å². The minimum absolute atomic E-state index is 0.471. The van der Waals surface area contributed by atoms with Crippen LogP contribution < -0.4 is 10.5 Å². The lowest BCUT2D eigenvalue weighted by Crippen LogP contribution is -1.97. The molecule has 0 bridgehead atoms. The summed E-state index contributed by atoms with van der Waals surface area (Å²) in [6.45, 7) is 0.471. The number of nitrogens with zero attached hydrogens (tertiary/aromatic N) is 2. The summed E-state index contributed by atoms with van der Waals surface area (Å²) in [7, 11) is 0. The van der Waals surface area contributed by atoms with Gasteiger partial charge in [0.2, 0.25) is 5.88 Å². The van der Waals surface area contributed by atoms with Crippen molar-refractivity contribution in [1.29, 1.82) is 0 Å². The maximum Gasteiger partial charge on any atom is 0.233 e. The molecule has 2 N–H and O–H groups in total. The third kappa shape index (κ3) is 2.67. The first-order valence-electron chi connectivity index (χ1n) is 4.59. The van der Waals surface area contributed by atoms with Crippen LogP contribution in [0.1, 0.15) is 5.56 Å². The van der Waals surface area contributed by atoms with Gasteiger partial charge in [-0.3, -0.25) is 0 Å². The van der Waals surface area contributed by atoms with Crippen molar-refractivity contribution in [3.8, 4) is 5.88 Å². The van der Waals surface area contributed by atoms with Gasteiger partial charge in [-0.1, -0.05) is 12.1 Å². The van der Waals surface area contributed by atoms with Gasteiger partial charge in [0, 0.05) is 18.0 Å². The second kappa shape index (κ2) is 4.41. The molecule has 0 aliphatic rings. The van der Waals surface area contributed by atoms with Gasteiger partial charge >= 0.3 is 0 Å². The molecule has 0 aliphatic heterocycles. The standard InChI is InChI=1S/C11H11N3O/c12-10-5-3-9(4-6-10)8-15-11-2-1-7-13-14-11/h1-7H,8,12H2. The van der Waals surface area contributed by atoms with E-state index in [1.807, 2.05) is 24.3 Å². The number of benzene rings is 1. The van der Waals surface area contributed by atoms with Crippen molar-refractivity contribution in [1.82, 2.24) is 10.2 Å². The van der Waals surface area contributed by atoms with Gasteiger partial charge in [-0.05, 0) is 23.8 Å². The lowest BCUT2D eigenvalue weighted by Gasteiger charge is -2.04. The molecule has 0 aliphatic carbocycles. The first-order chi connectivity index (χ1) is 7.34. The molecule has 76 valence electrons. The van der Waals surface area contributed by atoms with Gasteiger partial charge in [0.1, 0.15) is 6.61 Å². The second-order valence-electron chi connectivity index (χ2n) is 3.09. The van der Waals surface area contributed by atoms with Crippen LogP contribution in [-0.4, -0.2) is 10.2 Å². The predicted molar refractivity (Wildman–Crippen MR) is 57.2 cm³/mol. The summed E-state index contributed by atoms with van der Waals surface area (Å²) < 4.78 is 5.42. The number of ether oxygens (including phenoxy) is 1. The highest BCUT2D eigenvalue weighted by molar-refractivity contribution is 5.39. The fraction of sp³-hybridized carbons (Fsp3) is 0.0909. The Bertz CT molecular complexity index is 414. The average molecular weight is 201 g/mol. The predicted octanol–water partition coefficient (Wildman–Crippen LogP) is 1.64. The maximum atomic E-state index is 5.57. The topological polar surface area (TPSA) is 61.0 Å². The smallest absolute Gasteiger partial charge is 0.233 e. The number of anilines is 1. The van der Waals surface area contributed by atoms with E-state index in [9.17, 15) is 0 Å². The fourth-order valence-corrected chi connectivity index (χ4v) is 1.14. The zero-order chi connectivity index (χ0) is 10.5. The van der Waals surface area contributed by atoms with Crippen LogP contribution in [0.3, 0.4) is 0 Å².